The van der Waals surface area contributed by atoms with E-state index in [-0.39, 0.29) is 35.7 Å². The highest BCUT2D eigenvalue weighted by molar-refractivity contribution is 7.92. The Balaban J connectivity index is 0.00000364. The maximum atomic E-state index is 12.5. The summed E-state index contributed by atoms with van der Waals surface area (Å²) in [4.78, 5) is 11.9. The van der Waals surface area contributed by atoms with Gasteiger partial charge in [0.05, 0.1) is 12.0 Å². The highest BCUT2D eigenvalue weighted by Gasteiger charge is 2.15. The van der Waals surface area contributed by atoms with Crippen molar-refractivity contribution >= 4 is 34.0 Å². The minimum atomic E-state index is -3.71. The van der Waals surface area contributed by atoms with Crippen LogP contribution in [-0.4, -0.2) is 28.0 Å². The van der Waals surface area contributed by atoms with E-state index in [1.165, 1.54) is 19.2 Å². The summed E-state index contributed by atoms with van der Waals surface area (Å²) in [7, 11) is -2.20. The molecule has 0 aromatic heterocycles. The Kier molecular flexibility index (Phi) is 8.55. The Hall–Kier alpha value is -2.29. The highest BCUT2D eigenvalue weighted by atomic mass is 35.5. The number of hydrogen-bond acceptors (Lipinski definition) is 5. The minimum absolute atomic E-state index is 0. The van der Waals surface area contributed by atoms with Crippen molar-refractivity contribution in [3.8, 4) is 5.75 Å². The molecular weight excluding hydrogens is 390 g/mol. The van der Waals surface area contributed by atoms with Gasteiger partial charge in [-0.3, -0.25) is 9.52 Å². The lowest BCUT2D eigenvalue weighted by Gasteiger charge is -2.12. The number of nitrogens with one attached hydrogen (secondary N) is 2. The van der Waals surface area contributed by atoms with Gasteiger partial charge in [-0.2, -0.15) is 0 Å². The van der Waals surface area contributed by atoms with Gasteiger partial charge in [-0.1, -0.05) is 19.1 Å². The highest BCUT2D eigenvalue weighted by Crippen LogP contribution is 2.19. The van der Waals surface area contributed by atoms with Crippen molar-refractivity contribution in [2.45, 2.75) is 18.4 Å². The number of sulfonamides is 1. The third kappa shape index (κ3) is 6.42. The third-order valence-electron chi connectivity index (χ3n) is 3.82. The fourth-order valence-electron chi connectivity index (χ4n) is 2.18. The minimum Gasteiger partial charge on any atom is -0.497 e. The van der Waals surface area contributed by atoms with Crippen LogP contribution in [0, 0.1) is 5.92 Å². The number of rotatable bonds is 8. The lowest BCUT2D eigenvalue weighted by Crippen LogP contribution is -2.32. The first-order valence-corrected chi connectivity index (χ1v) is 9.57. The Morgan fingerprint density at radius 2 is 1.85 bits per heavy atom. The molecule has 2 rings (SSSR count). The van der Waals surface area contributed by atoms with Gasteiger partial charge in [0.15, 0.2) is 0 Å². The second-order valence-electron chi connectivity index (χ2n) is 5.84. The van der Waals surface area contributed by atoms with Gasteiger partial charge >= 0.3 is 0 Å². The summed E-state index contributed by atoms with van der Waals surface area (Å²) in [5.41, 5.74) is 6.66. The number of methoxy groups -OCH3 is 1. The van der Waals surface area contributed by atoms with Crippen LogP contribution in [0.5, 0.6) is 5.75 Å². The molecule has 1 atom stereocenters. The molecule has 148 valence electrons. The van der Waals surface area contributed by atoms with Crippen molar-refractivity contribution in [3.05, 3.63) is 54.1 Å². The van der Waals surface area contributed by atoms with Crippen LogP contribution in [0.4, 0.5) is 5.69 Å². The quantitative estimate of drug-likeness (QED) is 0.614. The molecule has 9 heteroatoms. The van der Waals surface area contributed by atoms with E-state index in [9.17, 15) is 13.2 Å². The van der Waals surface area contributed by atoms with E-state index < -0.39 is 10.0 Å². The predicted molar refractivity (Wildman–Crippen MR) is 108 cm³/mol. The second-order valence-corrected chi connectivity index (χ2v) is 7.52. The number of carbonyl (C=O) groups excluding carboxylic acids is 1. The lowest BCUT2D eigenvalue weighted by molar-refractivity contribution is -0.124. The van der Waals surface area contributed by atoms with Crippen LogP contribution in [0.2, 0.25) is 0 Å². The van der Waals surface area contributed by atoms with Gasteiger partial charge in [0.1, 0.15) is 5.75 Å². The molecule has 27 heavy (non-hydrogen) atoms. The van der Waals surface area contributed by atoms with E-state index in [2.05, 4.69) is 10.0 Å². The van der Waals surface area contributed by atoms with Crippen LogP contribution in [-0.2, 0) is 21.4 Å². The average molecular weight is 414 g/mol. The summed E-state index contributed by atoms with van der Waals surface area (Å²) >= 11 is 0. The third-order valence-corrected chi connectivity index (χ3v) is 5.21. The Labute approximate surface area is 165 Å². The number of benzene rings is 2. The first kappa shape index (κ1) is 22.8. The molecule has 0 heterocycles. The van der Waals surface area contributed by atoms with Crippen molar-refractivity contribution in [1.82, 2.24) is 5.32 Å². The molecule has 0 aliphatic carbocycles. The molecular formula is C18H24ClN3O4S. The Morgan fingerprint density at radius 1 is 1.19 bits per heavy atom. The second kappa shape index (κ2) is 10.1. The zero-order valence-corrected chi connectivity index (χ0v) is 16.8. The molecule has 4 N–H and O–H groups in total. The molecule has 1 amide bonds. The van der Waals surface area contributed by atoms with Crippen LogP contribution >= 0.6 is 12.4 Å². The number of ether oxygens (including phenoxy) is 1. The summed E-state index contributed by atoms with van der Waals surface area (Å²) in [6.07, 6.45) is 0. The number of hydrogen-bond donors (Lipinski definition) is 3. The first-order valence-electron chi connectivity index (χ1n) is 8.09. The van der Waals surface area contributed by atoms with Crippen molar-refractivity contribution in [2.75, 3.05) is 18.4 Å². The van der Waals surface area contributed by atoms with E-state index in [0.717, 1.165) is 5.56 Å². The molecule has 0 aliphatic rings. The normalized spacial score (nSPS) is 11.8. The van der Waals surface area contributed by atoms with E-state index in [1.807, 2.05) is 0 Å². The lowest BCUT2D eigenvalue weighted by atomic mass is 10.1. The fourth-order valence-corrected chi connectivity index (χ4v) is 3.23. The zero-order valence-electron chi connectivity index (χ0n) is 15.1. The number of anilines is 1. The molecule has 0 saturated heterocycles. The summed E-state index contributed by atoms with van der Waals surface area (Å²) < 4.78 is 32.5. The first-order chi connectivity index (χ1) is 12.4. The predicted octanol–water partition coefficient (Wildman–Crippen LogP) is 2.13. The maximum Gasteiger partial charge on any atom is 0.261 e. The van der Waals surface area contributed by atoms with Crippen LogP contribution in [0.3, 0.4) is 0 Å². The van der Waals surface area contributed by atoms with Crippen LogP contribution in [0.15, 0.2) is 53.4 Å². The van der Waals surface area contributed by atoms with Gasteiger partial charge in [-0.15, -0.1) is 12.4 Å². The van der Waals surface area contributed by atoms with E-state index in [0.29, 0.717) is 18.0 Å². The van der Waals surface area contributed by atoms with Crippen LogP contribution in [0.25, 0.3) is 0 Å². The van der Waals surface area contributed by atoms with Gasteiger partial charge in [0.2, 0.25) is 5.91 Å². The zero-order chi connectivity index (χ0) is 19.2. The van der Waals surface area contributed by atoms with E-state index >= 15 is 0 Å². The van der Waals surface area contributed by atoms with E-state index in [4.69, 9.17) is 10.5 Å². The van der Waals surface area contributed by atoms with Crippen molar-refractivity contribution in [1.29, 1.82) is 0 Å². The Morgan fingerprint density at radius 3 is 2.44 bits per heavy atom. The van der Waals surface area contributed by atoms with E-state index in [1.54, 1.807) is 43.3 Å². The monoisotopic (exact) mass is 413 g/mol. The standard InChI is InChI=1S/C18H23N3O4S.ClH/c1-13(11-19)18(22)20-12-14-4-3-5-15(10-14)21-26(23,24)17-8-6-16(25-2)7-9-17;/h3-10,13,21H,11-12,19H2,1-2H3,(H,20,22);1H. The van der Waals surface area contributed by atoms with Gasteiger partial charge < -0.3 is 15.8 Å². The molecule has 1 unspecified atom stereocenters. The number of amides is 1. The molecule has 0 spiro atoms. The van der Waals surface area contributed by atoms with Gasteiger partial charge in [-0.25, -0.2) is 8.42 Å². The molecule has 7 nitrogen and oxygen atoms in total. The summed E-state index contributed by atoms with van der Waals surface area (Å²) in [5.74, 6) is 0.164. The molecule has 0 saturated carbocycles. The maximum absolute atomic E-state index is 12.5. The molecule has 0 radical (unpaired) electrons. The van der Waals surface area contributed by atoms with Crippen LogP contribution in [0.1, 0.15) is 12.5 Å². The smallest absolute Gasteiger partial charge is 0.261 e. The van der Waals surface area contributed by atoms with Crippen molar-refractivity contribution in [2.24, 2.45) is 11.7 Å². The number of halogens is 1. The SMILES string of the molecule is COc1ccc(S(=O)(=O)Nc2cccc(CNC(=O)C(C)CN)c2)cc1.Cl. The molecule has 2 aromatic rings. The molecule has 0 bridgehead atoms. The number of nitrogens with two attached hydrogens (primary N) is 1. The summed E-state index contributed by atoms with van der Waals surface area (Å²) in [6.45, 7) is 2.31. The summed E-state index contributed by atoms with van der Waals surface area (Å²) in [6, 6.07) is 13.0. The molecule has 0 fully saturated rings. The van der Waals surface area contributed by atoms with Gasteiger partial charge in [0, 0.05) is 24.7 Å². The summed E-state index contributed by atoms with van der Waals surface area (Å²) in [5, 5.41) is 2.77. The molecule has 2 aromatic carbocycles. The van der Waals surface area contributed by atoms with Gasteiger partial charge in [-0.05, 0) is 42.0 Å². The average Bonchev–Trinajstić information content (AvgIpc) is 2.65. The van der Waals surface area contributed by atoms with Crippen molar-refractivity contribution < 1.29 is 17.9 Å². The van der Waals surface area contributed by atoms with Gasteiger partial charge in [0.25, 0.3) is 10.0 Å². The number of carbonyl (C=O) groups is 1. The topological polar surface area (TPSA) is 111 Å². The van der Waals surface area contributed by atoms with Crippen molar-refractivity contribution in [3.63, 3.8) is 0 Å². The molecule has 0 aliphatic heterocycles. The fraction of sp³-hybridized carbons (Fsp3) is 0.278. The largest absolute Gasteiger partial charge is 0.497 e. The Bertz CT molecular complexity index is 857. The van der Waals surface area contributed by atoms with Crippen LogP contribution < -0.4 is 20.5 Å².